The van der Waals surface area contributed by atoms with E-state index in [4.69, 9.17) is 0 Å². The molecule has 0 saturated heterocycles. The van der Waals surface area contributed by atoms with Crippen molar-refractivity contribution in [3.8, 4) is 0 Å². The van der Waals surface area contributed by atoms with Gasteiger partial charge in [-0.25, -0.2) is 0 Å². The summed E-state index contributed by atoms with van der Waals surface area (Å²) in [5, 5.41) is 3.54. The molecule has 0 aliphatic carbocycles. The second kappa shape index (κ2) is 9.80. The minimum Gasteiger partial charge on any atom is -0.370 e. The SMILES string of the molecule is CCCN(CCN(C)C)c1ccc(C(CC)NCC)cc1. The molecule has 0 bridgehead atoms. The van der Waals surface area contributed by atoms with Gasteiger partial charge in [-0.15, -0.1) is 0 Å². The molecule has 0 amide bonds. The van der Waals surface area contributed by atoms with Crippen molar-refractivity contribution >= 4 is 5.69 Å². The Morgan fingerprint density at radius 3 is 2.10 bits per heavy atom. The molecule has 21 heavy (non-hydrogen) atoms. The first-order valence-corrected chi connectivity index (χ1v) is 8.35. The molecule has 3 nitrogen and oxygen atoms in total. The zero-order chi connectivity index (χ0) is 15.7. The highest BCUT2D eigenvalue weighted by Gasteiger charge is 2.10. The Morgan fingerprint density at radius 1 is 0.952 bits per heavy atom. The first-order valence-electron chi connectivity index (χ1n) is 8.35. The lowest BCUT2D eigenvalue weighted by Crippen LogP contribution is -2.32. The molecule has 1 N–H and O–H groups in total. The summed E-state index contributed by atoms with van der Waals surface area (Å²) in [5.74, 6) is 0. The molecule has 0 fully saturated rings. The van der Waals surface area contributed by atoms with Crippen LogP contribution < -0.4 is 10.2 Å². The van der Waals surface area contributed by atoms with E-state index >= 15 is 0 Å². The van der Waals surface area contributed by atoms with Gasteiger partial charge >= 0.3 is 0 Å². The molecule has 0 radical (unpaired) electrons. The van der Waals surface area contributed by atoms with Gasteiger partial charge in [0.2, 0.25) is 0 Å². The monoisotopic (exact) mass is 291 g/mol. The van der Waals surface area contributed by atoms with Crippen molar-refractivity contribution < 1.29 is 0 Å². The molecule has 0 saturated carbocycles. The third-order valence-corrected chi connectivity index (χ3v) is 3.83. The Morgan fingerprint density at radius 2 is 1.62 bits per heavy atom. The Balaban J connectivity index is 2.76. The summed E-state index contributed by atoms with van der Waals surface area (Å²) in [4.78, 5) is 4.73. The van der Waals surface area contributed by atoms with Crippen LogP contribution in [0.5, 0.6) is 0 Å². The van der Waals surface area contributed by atoms with Gasteiger partial charge in [-0.3, -0.25) is 0 Å². The lowest BCUT2D eigenvalue weighted by Gasteiger charge is -2.26. The van der Waals surface area contributed by atoms with E-state index in [1.807, 2.05) is 0 Å². The molecule has 0 aromatic heterocycles. The van der Waals surface area contributed by atoms with Crippen molar-refractivity contribution in [2.45, 2.75) is 39.7 Å². The van der Waals surface area contributed by atoms with E-state index in [1.165, 1.54) is 17.7 Å². The summed E-state index contributed by atoms with van der Waals surface area (Å²) in [6, 6.07) is 9.60. The lowest BCUT2D eigenvalue weighted by atomic mass is 10.0. The number of rotatable bonds is 10. The van der Waals surface area contributed by atoms with Crippen molar-refractivity contribution in [3.05, 3.63) is 29.8 Å². The highest BCUT2D eigenvalue weighted by atomic mass is 15.2. The van der Waals surface area contributed by atoms with Gasteiger partial charge in [0.1, 0.15) is 0 Å². The standard InChI is InChI=1S/C18H33N3/c1-6-13-21(15-14-20(4)5)17-11-9-16(10-12-17)18(7-2)19-8-3/h9-12,18-19H,6-8,13-15H2,1-5H3. The van der Waals surface area contributed by atoms with E-state index in [9.17, 15) is 0 Å². The number of hydrogen-bond acceptors (Lipinski definition) is 3. The van der Waals surface area contributed by atoms with Crippen LogP contribution in [0.3, 0.4) is 0 Å². The van der Waals surface area contributed by atoms with E-state index in [0.29, 0.717) is 6.04 Å². The van der Waals surface area contributed by atoms with Crippen molar-refractivity contribution in [2.75, 3.05) is 45.2 Å². The minimum atomic E-state index is 0.477. The quantitative estimate of drug-likeness (QED) is 0.711. The fourth-order valence-corrected chi connectivity index (χ4v) is 2.62. The van der Waals surface area contributed by atoms with Gasteiger partial charge in [-0.05, 0) is 51.2 Å². The summed E-state index contributed by atoms with van der Waals surface area (Å²) in [6.45, 7) is 11.0. The normalized spacial score (nSPS) is 12.7. The zero-order valence-electron chi connectivity index (χ0n) is 14.5. The molecule has 0 spiro atoms. The van der Waals surface area contributed by atoms with Crippen LogP contribution in [-0.4, -0.2) is 45.2 Å². The van der Waals surface area contributed by atoms with Crippen LogP contribution >= 0.6 is 0 Å². The third-order valence-electron chi connectivity index (χ3n) is 3.83. The van der Waals surface area contributed by atoms with Crippen molar-refractivity contribution in [1.82, 2.24) is 10.2 Å². The number of nitrogens with one attached hydrogen (secondary N) is 1. The highest BCUT2D eigenvalue weighted by Crippen LogP contribution is 2.21. The van der Waals surface area contributed by atoms with Crippen molar-refractivity contribution in [1.29, 1.82) is 0 Å². The molecule has 1 aromatic rings. The number of likely N-dealkylation sites (N-methyl/N-ethyl adjacent to an activating group) is 1. The fourth-order valence-electron chi connectivity index (χ4n) is 2.62. The average molecular weight is 291 g/mol. The zero-order valence-corrected chi connectivity index (χ0v) is 14.5. The molecular formula is C18H33N3. The molecule has 120 valence electrons. The van der Waals surface area contributed by atoms with Crippen LogP contribution in [0.25, 0.3) is 0 Å². The minimum absolute atomic E-state index is 0.477. The van der Waals surface area contributed by atoms with Crippen LogP contribution in [0.2, 0.25) is 0 Å². The van der Waals surface area contributed by atoms with Crippen LogP contribution in [0.15, 0.2) is 24.3 Å². The maximum absolute atomic E-state index is 3.54. The Bertz CT molecular complexity index is 373. The van der Waals surface area contributed by atoms with Crippen LogP contribution in [0.1, 0.15) is 45.2 Å². The number of nitrogens with zero attached hydrogens (tertiary/aromatic N) is 2. The van der Waals surface area contributed by atoms with Gasteiger partial charge in [0.25, 0.3) is 0 Å². The number of benzene rings is 1. The average Bonchev–Trinajstić information content (AvgIpc) is 2.49. The molecular weight excluding hydrogens is 258 g/mol. The van der Waals surface area contributed by atoms with E-state index < -0.39 is 0 Å². The second-order valence-electron chi connectivity index (χ2n) is 5.90. The van der Waals surface area contributed by atoms with Gasteiger partial charge < -0.3 is 15.1 Å². The van der Waals surface area contributed by atoms with Gasteiger partial charge in [-0.2, -0.15) is 0 Å². The Hall–Kier alpha value is -1.06. The van der Waals surface area contributed by atoms with E-state index in [0.717, 1.165) is 32.6 Å². The molecule has 1 rings (SSSR count). The van der Waals surface area contributed by atoms with Crippen LogP contribution in [0, 0.1) is 0 Å². The van der Waals surface area contributed by atoms with E-state index in [-0.39, 0.29) is 0 Å². The highest BCUT2D eigenvalue weighted by molar-refractivity contribution is 5.48. The summed E-state index contributed by atoms with van der Waals surface area (Å²) >= 11 is 0. The topological polar surface area (TPSA) is 18.5 Å². The first kappa shape index (κ1) is 18.0. The molecule has 0 aliphatic rings. The van der Waals surface area contributed by atoms with Crippen molar-refractivity contribution in [2.24, 2.45) is 0 Å². The molecule has 1 atom stereocenters. The van der Waals surface area contributed by atoms with Crippen LogP contribution in [0.4, 0.5) is 5.69 Å². The summed E-state index contributed by atoms with van der Waals surface area (Å²) in [6.07, 6.45) is 2.32. The van der Waals surface area contributed by atoms with Gasteiger partial charge in [-0.1, -0.05) is 32.9 Å². The predicted octanol–water partition coefficient (Wildman–Crippen LogP) is 3.53. The van der Waals surface area contributed by atoms with E-state index in [2.05, 4.69) is 74.2 Å². The maximum atomic E-state index is 3.54. The molecule has 0 aliphatic heterocycles. The fraction of sp³-hybridized carbons (Fsp3) is 0.667. The van der Waals surface area contributed by atoms with Gasteiger partial charge in [0.15, 0.2) is 0 Å². The molecule has 1 unspecified atom stereocenters. The van der Waals surface area contributed by atoms with Crippen LogP contribution in [-0.2, 0) is 0 Å². The van der Waals surface area contributed by atoms with Gasteiger partial charge in [0.05, 0.1) is 0 Å². The summed E-state index contributed by atoms with van der Waals surface area (Å²) in [5.41, 5.74) is 2.74. The smallest absolute Gasteiger partial charge is 0.0366 e. The Labute approximate surface area is 131 Å². The lowest BCUT2D eigenvalue weighted by molar-refractivity contribution is 0.413. The second-order valence-corrected chi connectivity index (χ2v) is 5.90. The molecule has 0 heterocycles. The number of hydrogen-bond donors (Lipinski definition) is 1. The third kappa shape index (κ3) is 6.06. The first-order chi connectivity index (χ1) is 10.1. The van der Waals surface area contributed by atoms with E-state index in [1.54, 1.807) is 0 Å². The Kier molecular flexibility index (Phi) is 8.40. The summed E-state index contributed by atoms with van der Waals surface area (Å²) < 4.78 is 0. The van der Waals surface area contributed by atoms with Gasteiger partial charge in [0, 0.05) is 31.4 Å². The predicted molar refractivity (Wildman–Crippen MR) is 94.2 cm³/mol. The summed E-state index contributed by atoms with van der Waals surface area (Å²) in [7, 11) is 4.27. The molecule has 1 aromatic carbocycles. The van der Waals surface area contributed by atoms with Crippen molar-refractivity contribution in [3.63, 3.8) is 0 Å². The largest absolute Gasteiger partial charge is 0.370 e. The number of anilines is 1. The maximum Gasteiger partial charge on any atom is 0.0366 e. The molecule has 3 heteroatoms.